The maximum Gasteiger partial charge on any atom is 0.0595 e. The minimum atomic E-state index is 0.587. The molecule has 0 saturated heterocycles. The van der Waals surface area contributed by atoms with Gasteiger partial charge < -0.3 is 5.32 Å². The molecule has 2 rings (SSSR count). The largest absolute Gasteiger partial charge is 0.308 e. The smallest absolute Gasteiger partial charge is 0.0595 e. The number of rotatable bonds is 4. The van der Waals surface area contributed by atoms with Gasteiger partial charge in [0.25, 0.3) is 0 Å². The van der Waals surface area contributed by atoms with Crippen molar-refractivity contribution >= 4 is 23.2 Å². The molecule has 1 heterocycles. The third-order valence-electron chi connectivity index (χ3n) is 2.97. The number of aryl methyl sites for hydroxylation is 1. The maximum atomic E-state index is 5.97. The van der Waals surface area contributed by atoms with Gasteiger partial charge in [0, 0.05) is 31.4 Å². The Bertz CT molecular complexity index is 549. The van der Waals surface area contributed by atoms with Crippen LogP contribution in [0.2, 0.25) is 10.0 Å². The van der Waals surface area contributed by atoms with Gasteiger partial charge in [-0.25, -0.2) is 0 Å². The van der Waals surface area contributed by atoms with Crippen LogP contribution in [0.5, 0.6) is 0 Å². The fourth-order valence-electron chi connectivity index (χ4n) is 1.71. The quantitative estimate of drug-likeness (QED) is 0.933. The first-order valence-corrected chi connectivity index (χ1v) is 6.45. The molecule has 3 nitrogen and oxygen atoms in total. The number of benzene rings is 1. The zero-order chi connectivity index (χ0) is 13.1. The van der Waals surface area contributed by atoms with Crippen LogP contribution in [0.3, 0.4) is 0 Å². The Balaban J connectivity index is 1.92. The molecule has 96 valence electrons. The predicted octanol–water partition coefficient (Wildman–Crippen LogP) is 3.33. The van der Waals surface area contributed by atoms with Gasteiger partial charge in [-0.15, -0.1) is 0 Å². The van der Waals surface area contributed by atoms with Gasteiger partial charge in [0.1, 0.15) is 0 Å². The molecule has 0 aliphatic carbocycles. The molecule has 0 spiro atoms. The lowest BCUT2D eigenvalue weighted by Crippen LogP contribution is -2.13. The lowest BCUT2D eigenvalue weighted by molar-refractivity contribution is 0.684. The number of halogens is 2. The van der Waals surface area contributed by atoms with Crippen molar-refractivity contribution in [2.75, 3.05) is 0 Å². The summed E-state index contributed by atoms with van der Waals surface area (Å²) in [6, 6.07) is 5.67. The van der Waals surface area contributed by atoms with Crippen LogP contribution in [-0.4, -0.2) is 9.78 Å². The van der Waals surface area contributed by atoms with E-state index in [0.29, 0.717) is 10.0 Å². The Morgan fingerprint density at radius 3 is 2.61 bits per heavy atom. The molecular formula is C13H15Cl2N3. The first-order chi connectivity index (χ1) is 8.58. The highest BCUT2D eigenvalue weighted by Crippen LogP contribution is 2.22. The third kappa shape index (κ3) is 3.05. The van der Waals surface area contributed by atoms with Gasteiger partial charge in [-0.2, -0.15) is 5.10 Å². The summed E-state index contributed by atoms with van der Waals surface area (Å²) in [5.41, 5.74) is 3.50. The second-order valence-corrected chi connectivity index (χ2v) is 5.05. The van der Waals surface area contributed by atoms with Gasteiger partial charge in [-0.1, -0.05) is 29.3 Å². The second-order valence-electron chi connectivity index (χ2n) is 4.23. The van der Waals surface area contributed by atoms with Crippen molar-refractivity contribution in [3.63, 3.8) is 0 Å². The molecule has 18 heavy (non-hydrogen) atoms. The highest BCUT2D eigenvalue weighted by molar-refractivity contribution is 6.42. The SMILES string of the molecule is Cc1c(CNCc2ccc(Cl)c(Cl)c2)cnn1C. The van der Waals surface area contributed by atoms with Crippen molar-refractivity contribution in [3.05, 3.63) is 51.3 Å². The van der Waals surface area contributed by atoms with E-state index in [2.05, 4.69) is 17.3 Å². The highest BCUT2D eigenvalue weighted by atomic mass is 35.5. The second kappa shape index (κ2) is 5.74. The van der Waals surface area contributed by atoms with E-state index in [9.17, 15) is 0 Å². The summed E-state index contributed by atoms with van der Waals surface area (Å²) < 4.78 is 1.87. The lowest BCUT2D eigenvalue weighted by atomic mass is 10.2. The molecule has 0 bridgehead atoms. The first kappa shape index (κ1) is 13.4. The van der Waals surface area contributed by atoms with E-state index in [1.807, 2.05) is 36.1 Å². The Morgan fingerprint density at radius 2 is 2.00 bits per heavy atom. The fourth-order valence-corrected chi connectivity index (χ4v) is 2.03. The van der Waals surface area contributed by atoms with Crippen LogP contribution >= 0.6 is 23.2 Å². The fraction of sp³-hybridized carbons (Fsp3) is 0.308. The number of nitrogens with one attached hydrogen (secondary N) is 1. The number of aromatic nitrogens is 2. The van der Waals surface area contributed by atoms with Gasteiger partial charge in [0.2, 0.25) is 0 Å². The van der Waals surface area contributed by atoms with Crippen molar-refractivity contribution in [2.24, 2.45) is 7.05 Å². The summed E-state index contributed by atoms with van der Waals surface area (Å²) in [5, 5.41) is 8.75. The number of hydrogen-bond donors (Lipinski definition) is 1. The number of nitrogens with zero attached hydrogens (tertiary/aromatic N) is 2. The Morgan fingerprint density at radius 1 is 1.22 bits per heavy atom. The van der Waals surface area contributed by atoms with Gasteiger partial charge in [-0.3, -0.25) is 4.68 Å². The molecule has 0 amide bonds. The van der Waals surface area contributed by atoms with Crippen LogP contribution < -0.4 is 5.32 Å². The molecule has 0 aliphatic heterocycles. The molecular weight excluding hydrogens is 269 g/mol. The average Bonchev–Trinajstić information content (AvgIpc) is 2.66. The topological polar surface area (TPSA) is 29.9 Å². The van der Waals surface area contributed by atoms with Crippen molar-refractivity contribution in [1.29, 1.82) is 0 Å². The molecule has 0 aliphatic rings. The molecule has 1 aromatic carbocycles. The predicted molar refractivity (Wildman–Crippen MR) is 75.0 cm³/mol. The summed E-state index contributed by atoms with van der Waals surface area (Å²) in [7, 11) is 1.94. The molecule has 1 aromatic heterocycles. The van der Waals surface area contributed by atoms with E-state index in [-0.39, 0.29) is 0 Å². The van der Waals surface area contributed by atoms with Gasteiger partial charge in [0.05, 0.1) is 16.2 Å². The van der Waals surface area contributed by atoms with Crippen molar-refractivity contribution in [2.45, 2.75) is 20.0 Å². The van der Waals surface area contributed by atoms with E-state index < -0.39 is 0 Å². The molecule has 0 fully saturated rings. The molecule has 0 radical (unpaired) electrons. The first-order valence-electron chi connectivity index (χ1n) is 5.70. The van der Waals surface area contributed by atoms with Crippen molar-refractivity contribution in [1.82, 2.24) is 15.1 Å². The van der Waals surface area contributed by atoms with Crippen LogP contribution in [0.4, 0.5) is 0 Å². The Labute approximate surface area is 117 Å². The summed E-state index contributed by atoms with van der Waals surface area (Å²) in [4.78, 5) is 0. The van der Waals surface area contributed by atoms with Crippen LogP contribution in [0.25, 0.3) is 0 Å². The normalized spacial score (nSPS) is 10.9. The van der Waals surface area contributed by atoms with Crippen molar-refractivity contribution < 1.29 is 0 Å². The van der Waals surface area contributed by atoms with Crippen LogP contribution in [0, 0.1) is 6.92 Å². The van der Waals surface area contributed by atoms with Gasteiger partial charge >= 0.3 is 0 Å². The minimum Gasteiger partial charge on any atom is -0.308 e. The highest BCUT2D eigenvalue weighted by Gasteiger charge is 2.03. The molecule has 0 saturated carbocycles. The zero-order valence-corrected chi connectivity index (χ0v) is 11.9. The Hall–Kier alpha value is -1.03. The summed E-state index contributed by atoms with van der Waals surface area (Å²) in [6.45, 7) is 3.61. The Kier molecular flexibility index (Phi) is 4.27. The molecule has 0 atom stereocenters. The number of hydrogen-bond acceptors (Lipinski definition) is 2. The standard InChI is InChI=1S/C13H15Cl2N3/c1-9-11(8-17-18(9)2)7-16-6-10-3-4-12(14)13(15)5-10/h3-5,8,16H,6-7H2,1-2H3. The lowest BCUT2D eigenvalue weighted by Gasteiger charge is -2.06. The van der Waals surface area contributed by atoms with E-state index in [4.69, 9.17) is 23.2 Å². The third-order valence-corrected chi connectivity index (χ3v) is 3.70. The van der Waals surface area contributed by atoms with Gasteiger partial charge in [-0.05, 0) is 24.6 Å². The van der Waals surface area contributed by atoms with Crippen LogP contribution in [-0.2, 0) is 20.1 Å². The van der Waals surface area contributed by atoms with Crippen LogP contribution in [0.15, 0.2) is 24.4 Å². The van der Waals surface area contributed by atoms with Crippen LogP contribution in [0.1, 0.15) is 16.8 Å². The van der Waals surface area contributed by atoms with Gasteiger partial charge in [0.15, 0.2) is 0 Å². The van der Waals surface area contributed by atoms with E-state index in [1.54, 1.807) is 0 Å². The monoisotopic (exact) mass is 283 g/mol. The minimum absolute atomic E-state index is 0.587. The average molecular weight is 284 g/mol. The maximum absolute atomic E-state index is 5.97. The zero-order valence-electron chi connectivity index (χ0n) is 10.4. The van der Waals surface area contributed by atoms with E-state index in [1.165, 1.54) is 11.3 Å². The van der Waals surface area contributed by atoms with E-state index in [0.717, 1.165) is 18.7 Å². The van der Waals surface area contributed by atoms with Crippen molar-refractivity contribution in [3.8, 4) is 0 Å². The molecule has 0 unspecified atom stereocenters. The molecule has 1 N–H and O–H groups in total. The summed E-state index contributed by atoms with van der Waals surface area (Å²) in [5.74, 6) is 0. The molecule has 2 aromatic rings. The van der Waals surface area contributed by atoms with E-state index >= 15 is 0 Å². The summed E-state index contributed by atoms with van der Waals surface area (Å²) >= 11 is 11.8. The molecule has 5 heteroatoms. The summed E-state index contributed by atoms with van der Waals surface area (Å²) in [6.07, 6.45) is 1.89.